The summed E-state index contributed by atoms with van der Waals surface area (Å²) in [6, 6.07) is 13.7. The van der Waals surface area contributed by atoms with Crippen LogP contribution in [0.2, 0.25) is 0 Å². The van der Waals surface area contributed by atoms with Crippen molar-refractivity contribution in [3.8, 4) is 0 Å². The summed E-state index contributed by atoms with van der Waals surface area (Å²) in [5.41, 5.74) is 2.22. The fourth-order valence-electron chi connectivity index (χ4n) is 3.13. The molecule has 1 atom stereocenters. The molecule has 0 aromatic heterocycles. The number of nitrogens with one attached hydrogen (secondary N) is 1. The maximum absolute atomic E-state index is 12.8. The third-order valence-corrected chi connectivity index (χ3v) is 6.56. The first-order valence-corrected chi connectivity index (χ1v) is 10.3. The Hall–Kier alpha value is -2.18. The molecule has 1 aliphatic heterocycles. The minimum Gasteiger partial charge on any atom is -0.322 e. The molecule has 0 radical (unpaired) electrons. The van der Waals surface area contributed by atoms with Crippen LogP contribution in [0.3, 0.4) is 0 Å². The molecule has 6 heteroatoms. The number of piperidine rings is 1. The Morgan fingerprint density at radius 2 is 1.73 bits per heavy atom. The molecule has 2 aromatic carbocycles. The number of benzene rings is 2. The second-order valence-corrected chi connectivity index (χ2v) is 8.89. The molecule has 1 fully saturated rings. The predicted octanol–water partition coefficient (Wildman–Crippen LogP) is 3.67. The number of carbonyl (C=O) groups is 1. The Bertz CT molecular complexity index is 874. The van der Waals surface area contributed by atoms with Crippen molar-refractivity contribution in [2.24, 2.45) is 5.92 Å². The van der Waals surface area contributed by atoms with E-state index in [2.05, 4.69) is 12.2 Å². The second kappa shape index (κ2) is 7.60. The summed E-state index contributed by atoms with van der Waals surface area (Å²) in [4.78, 5) is 12.5. The molecule has 2 aromatic rings. The van der Waals surface area contributed by atoms with E-state index in [0.29, 0.717) is 30.3 Å². The number of carbonyl (C=O) groups excluding carboxylic acids is 1. The molecule has 1 heterocycles. The molecule has 1 aliphatic rings. The zero-order valence-corrected chi connectivity index (χ0v) is 15.9. The van der Waals surface area contributed by atoms with Crippen LogP contribution < -0.4 is 5.32 Å². The van der Waals surface area contributed by atoms with Crippen LogP contribution in [0.15, 0.2) is 53.4 Å². The molecule has 1 amide bonds. The number of amides is 1. The van der Waals surface area contributed by atoms with Gasteiger partial charge in [0.1, 0.15) is 0 Å². The highest BCUT2D eigenvalue weighted by molar-refractivity contribution is 7.89. The van der Waals surface area contributed by atoms with Gasteiger partial charge in [-0.1, -0.05) is 24.6 Å². The molecule has 138 valence electrons. The third-order valence-electron chi connectivity index (χ3n) is 4.68. The molecule has 0 spiro atoms. The smallest absolute Gasteiger partial charge is 0.255 e. The maximum Gasteiger partial charge on any atom is 0.255 e. The van der Waals surface area contributed by atoms with Gasteiger partial charge in [-0.25, -0.2) is 8.42 Å². The molecular weight excluding hydrogens is 348 g/mol. The average molecular weight is 372 g/mol. The van der Waals surface area contributed by atoms with E-state index in [9.17, 15) is 13.2 Å². The molecule has 0 bridgehead atoms. The lowest BCUT2D eigenvalue weighted by molar-refractivity contribution is 0.102. The third kappa shape index (κ3) is 4.14. The quantitative estimate of drug-likeness (QED) is 0.890. The van der Waals surface area contributed by atoms with Crippen molar-refractivity contribution < 1.29 is 13.2 Å². The van der Waals surface area contributed by atoms with Crippen molar-refractivity contribution in [1.29, 1.82) is 0 Å². The van der Waals surface area contributed by atoms with Gasteiger partial charge in [0.2, 0.25) is 10.0 Å². The Morgan fingerprint density at radius 1 is 1.08 bits per heavy atom. The van der Waals surface area contributed by atoms with Gasteiger partial charge in [-0.2, -0.15) is 4.31 Å². The fraction of sp³-hybridized carbons (Fsp3) is 0.350. The van der Waals surface area contributed by atoms with Crippen LogP contribution in [0.25, 0.3) is 0 Å². The van der Waals surface area contributed by atoms with E-state index in [4.69, 9.17) is 0 Å². The molecule has 3 rings (SSSR count). The number of hydrogen-bond donors (Lipinski definition) is 1. The van der Waals surface area contributed by atoms with Crippen molar-refractivity contribution in [2.45, 2.75) is 31.6 Å². The lowest BCUT2D eigenvalue weighted by Gasteiger charge is -2.30. The van der Waals surface area contributed by atoms with Crippen LogP contribution in [0.5, 0.6) is 0 Å². The zero-order valence-electron chi connectivity index (χ0n) is 15.1. The topological polar surface area (TPSA) is 66.5 Å². The van der Waals surface area contributed by atoms with Crippen LogP contribution in [0.1, 0.15) is 35.7 Å². The first-order valence-electron chi connectivity index (χ1n) is 8.84. The summed E-state index contributed by atoms with van der Waals surface area (Å²) < 4.78 is 27.1. The Balaban J connectivity index is 1.71. The molecule has 0 unspecified atom stereocenters. The van der Waals surface area contributed by atoms with E-state index in [1.54, 1.807) is 40.7 Å². The largest absolute Gasteiger partial charge is 0.322 e. The summed E-state index contributed by atoms with van der Waals surface area (Å²) in [5, 5.41) is 2.80. The van der Waals surface area contributed by atoms with Gasteiger partial charge < -0.3 is 5.32 Å². The van der Waals surface area contributed by atoms with Crippen LogP contribution >= 0.6 is 0 Å². The standard InChI is InChI=1S/C20H24N2O3S/c1-15-5-7-17(8-6-15)20(23)21-18-9-11-19(12-10-18)26(24,25)22-13-3-4-16(2)14-22/h5-12,16H,3-4,13-14H2,1-2H3,(H,21,23)/t16-/m0/s1. The Labute approximate surface area is 155 Å². The summed E-state index contributed by atoms with van der Waals surface area (Å²) in [5.74, 6) is 0.164. The molecule has 1 saturated heterocycles. The maximum atomic E-state index is 12.8. The van der Waals surface area contributed by atoms with Gasteiger partial charge in [-0.05, 0) is 62.1 Å². The zero-order chi connectivity index (χ0) is 18.7. The van der Waals surface area contributed by atoms with Gasteiger partial charge >= 0.3 is 0 Å². The molecule has 1 N–H and O–H groups in total. The number of anilines is 1. The number of rotatable bonds is 4. The van der Waals surface area contributed by atoms with E-state index in [-0.39, 0.29) is 10.8 Å². The lowest BCUT2D eigenvalue weighted by atomic mass is 10.0. The van der Waals surface area contributed by atoms with Gasteiger partial charge in [0.05, 0.1) is 4.90 Å². The second-order valence-electron chi connectivity index (χ2n) is 6.95. The van der Waals surface area contributed by atoms with Gasteiger partial charge in [-0.15, -0.1) is 0 Å². The van der Waals surface area contributed by atoms with Gasteiger partial charge in [0.15, 0.2) is 0 Å². The highest BCUT2D eigenvalue weighted by Crippen LogP contribution is 2.24. The number of hydrogen-bond acceptors (Lipinski definition) is 3. The van der Waals surface area contributed by atoms with Gasteiger partial charge in [0, 0.05) is 24.3 Å². The minimum absolute atomic E-state index is 0.217. The van der Waals surface area contributed by atoms with E-state index in [1.807, 2.05) is 19.1 Å². The summed E-state index contributed by atoms with van der Waals surface area (Å²) >= 11 is 0. The molecular formula is C20H24N2O3S. The van der Waals surface area contributed by atoms with Crippen molar-refractivity contribution in [3.63, 3.8) is 0 Å². The molecule has 0 aliphatic carbocycles. The Kier molecular flexibility index (Phi) is 5.44. The molecule has 26 heavy (non-hydrogen) atoms. The van der Waals surface area contributed by atoms with Crippen LogP contribution in [0.4, 0.5) is 5.69 Å². The normalized spacial score (nSPS) is 18.5. The highest BCUT2D eigenvalue weighted by Gasteiger charge is 2.28. The van der Waals surface area contributed by atoms with E-state index in [1.165, 1.54) is 0 Å². The fourth-order valence-corrected chi connectivity index (χ4v) is 4.73. The van der Waals surface area contributed by atoms with Crippen LogP contribution in [-0.2, 0) is 10.0 Å². The molecule has 0 saturated carbocycles. The summed E-state index contributed by atoms with van der Waals surface area (Å²) in [6.07, 6.45) is 1.96. The number of aryl methyl sites for hydroxylation is 1. The predicted molar refractivity (Wildman–Crippen MR) is 103 cm³/mol. The summed E-state index contributed by atoms with van der Waals surface area (Å²) in [7, 11) is -3.48. The first-order chi connectivity index (χ1) is 12.4. The molecule has 5 nitrogen and oxygen atoms in total. The Morgan fingerprint density at radius 3 is 2.35 bits per heavy atom. The van der Waals surface area contributed by atoms with Gasteiger partial charge in [-0.3, -0.25) is 4.79 Å². The number of sulfonamides is 1. The van der Waals surface area contributed by atoms with E-state index < -0.39 is 10.0 Å². The van der Waals surface area contributed by atoms with Gasteiger partial charge in [0.25, 0.3) is 5.91 Å². The van der Waals surface area contributed by atoms with Crippen molar-refractivity contribution in [3.05, 3.63) is 59.7 Å². The number of nitrogens with zero attached hydrogens (tertiary/aromatic N) is 1. The van der Waals surface area contributed by atoms with Crippen LogP contribution in [0, 0.1) is 12.8 Å². The van der Waals surface area contributed by atoms with Crippen molar-refractivity contribution in [2.75, 3.05) is 18.4 Å². The monoisotopic (exact) mass is 372 g/mol. The summed E-state index contributed by atoms with van der Waals surface area (Å²) in [6.45, 7) is 5.17. The highest BCUT2D eigenvalue weighted by atomic mass is 32.2. The average Bonchev–Trinajstić information content (AvgIpc) is 2.62. The first kappa shape index (κ1) is 18.6. The SMILES string of the molecule is Cc1ccc(C(=O)Nc2ccc(S(=O)(=O)N3CCC[C@H](C)C3)cc2)cc1. The van der Waals surface area contributed by atoms with E-state index >= 15 is 0 Å². The van der Waals surface area contributed by atoms with Crippen molar-refractivity contribution >= 4 is 21.6 Å². The lowest BCUT2D eigenvalue weighted by Crippen LogP contribution is -2.39. The van der Waals surface area contributed by atoms with E-state index in [0.717, 1.165) is 18.4 Å². The van der Waals surface area contributed by atoms with Crippen molar-refractivity contribution in [1.82, 2.24) is 4.31 Å². The van der Waals surface area contributed by atoms with Crippen LogP contribution in [-0.4, -0.2) is 31.7 Å². The minimum atomic E-state index is -3.48.